The van der Waals surface area contributed by atoms with E-state index in [1.807, 2.05) is 6.92 Å². The van der Waals surface area contributed by atoms with Crippen LogP contribution in [0.2, 0.25) is 0 Å². The van der Waals surface area contributed by atoms with Crippen LogP contribution in [0, 0.1) is 6.92 Å². The number of aromatic hydroxyl groups is 1. The van der Waals surface area contributed by atoms with E-state index >= 15 is 0 Å². The second-order valence-corrected chi connectivity index (χ2v) is 8.69. The van der Waals surface area contributed by atoms with Crippen molar-refractivity contribution in [2.24, 2.45) is 0 Å². The predicted molar refractivity (Wildman–Crippen MR) is 98.9 cm³/mol. The Kier molecular flexibility index (Phi) is 4.02. The molecular weight excluding hydrogens is 372 g/mol. The van der Waals surface area contributed by atoms with Gasteiger partial charge in [0, 0.05) is 30.8 Å². The SMILES string of the molecule is Cc1nc2sc([C@@H](c3cccs3)N3CCC4(CC3)OCCO4)c(O)n2n1. The van der Waals surface area contributed by atoms with Crippen molar-refractivity contribution in [3.8, 4) is 5.88 Å². The first-order chi connectivity index (χ1) is 12.7. The van der Waals surface area contributed by atoms with Crippen LogP contribution in [0.15, 0.2) is 17.5 Å². The van der Waals surface area contributed by atoms with Crippen molar-refractivity contribution in [3.63, 3.8) is 0 Å². The van der Waals surface area contributed by atoms with Crippen LogP contribution < -0.4 is 0 Å². The molecule has 26 heavy (non-hydrogen) atoms. The summed E-state index contributed by atoms with van der Waals surface area (Å²) >= 11 is 3.22. The number of aryl methyl sites for hydroxylation is 1. The van der Waals surface area contributed by atoms with Gasteiger partial charge >= 0.3 is 0 Å². The number of hydrogen-bond donors (Lipinski definition) is 1. The van der Waals surface area contributed by atoms with Crippen LogP contribution in [-0.2, 0) is 9.47 Å². The summed E-state index contributed by atoms with van der Waals surface area (Å²) in [6, 6.07) is 4.19. The van der Waals surface area contributed by atoms with Crippen molar-refractivity contribution in [3.05, 3.63) is 33.1 Å². The average Bonchev–Trinajstić information content (AvgIpc) is 3.40. The Hall–Kier alpha value is -1.52. The zero-order valence-corrected chi connectivity index (χ0v) is 16.1. The zero-order chi connectivity index (χ0) is 17.7. The van der Waals surface area contributed by atoms with Crippen LogP contribution in [0.1, 0.15) is 34.5 Å². The van der Waals surface area contributed by atoms with Gasteiger partial charge in [0.15, 0.2) is 5.79 Å². The lowest BCUT2D eigenvalue weighted by Gasteiger charge is -2.40. The molecule has 2 aliphatic rings. The Labute approximate surface area is 158 Å². The molecule has 2 aliphatic heterocycles. The highest BCUT2D eigenvalue weighted by molar-refractivity contribution is 7.17. The van der Waals surface area contributed by atoms with Gasteiger partial charge in [-0.15, -0.1) is 16.4 Å². The minimum absolute atomic E-state index is 0.00237. The highest BCUT2D eigenvalue weighted by Crippen LogP contribution is 2.43. The molecule has 0 aliphatic carbocycles. The summed E-state index contributed by atoms with van der Waals surface area (Å²) in [5, 5.41) is 17.2. The van der Waals surface area contributed by atoms with Crippen LogP contribution in [-0.4, -0.2) is 56.7 Å². The molecule has 3 aromatic rings. The number of rotatable bonds is 3. The fraction of sp³-hybridized carbons (Fsp3) is 0.529. The molecule has 9 heteroatoms. The van der Waals surface area contributed by atoms with E-state index in [2.05, 4.69) is 32.5 Å². The molecule has 0 bridgehead atoms. The molecule has 0 unspecified atom stereocenters. The third-order valence-electron chi connectivity index (χ3n) is 5.11. The van der Waals surface area contributed by atoms with Crippen molar-refractivity contribution in [1.29, 1.82) is 0 Å². The molecule has 1 N–H and O–H groups in total. The number of thiazole rings is 1. The average molecular weight is 393 g/mol. The molecule has 3 aromatic heterocycles. The van der Waals surface area contributed by atoms with Crippen molar-refractivity contribution >= 4 is 27.6 Å². The molecule has 2 fully saturated rings. The lowest BCUT2D eigenvalue weighted by atomic mass is 10.0. The van der Waals surface area contributed by atoms with Crippen LogP contribution in [0.3, 0.4) is 0 Å². The summed E-state index contributed by atoms with van der Waals surface area (Å²) in [6.07, 6.45) is 1.69. The third-order valence-corrected chi connectivity index (χ3v) is 7.10. The number of likely N-dealkylation sites (tertiary alicyclic amines) is 1. The summed E-state index contributed by atoms with van der Waals surface area (Å²) in [7, 11) is 0. The molecular formula is C17H20N4O3S2. The second-order valence-electron chi connectivity index (χ2n) is 6.70. The first-order valence-corrected chi connectivity index (χ1v) is 10.5. The second kappa shape index (κ2) is 6.28. The maximum atomic E-state index is 10.8. The normalized spacial score (nSPS) is 21.7. The summed E-state index contributed by atoms with van der Waals surface area (Å²) < 4.78 is 13.3. The standard InChI is InChI=1S/C17H20N4O3S2/c1-11-18-16-21(19-11)15(22)14(26-16)13(12-3-2-10-25-12)20-6-4-17(5-7-20)23-8-9-24-17/h2-3,10,13,22H,4-9H2,1H3/t13-/m1/s1. The highest BCUT2D eigenvalue weighted by atomic mass is 32.1. The van der Waals surface area contributed by atoms with Gasteiger partial charge in [-0.05, 0) is 18.4 Å². The fourth-order valence-electron chi connectivity index (χ4n) is 3.86. The Bertz CT molecular complexity index is 904. The Morgan fingerprint density at radius 3 is 2.69 bits per heavy atom. The molecule has 1 spiro atoms. The first-order valence-electron chi connectivity index (χ1n) is 8.76. The molecule has 5 rings (SSSR count). The number of thiophene rings is 1. The monoisotopic (exact) mass is 392 g/mol. The molecule has 0 radical (unpaired) electrons. The summed E-state index contributed by atoms with van der Waals surface area (Å²) in [5.74, 6) is 0.459. The minimum Gasteiger partial charge on any atom is -0.492 e. The van der Waals surface area contributed by atoms with Crippen LogP contribution in [0.4, 0.5) is 0 Å². The lowest BCUT2D eigenvalue weighted by Crippen LogP contribution is -2.46. The molecule has 2 saturated heterocycles. The largest absolute Gasteiger partial charge is 0.492 e. The van der Waals surface area contributed by atoms with Crippen molar-refractivity contribution in [2.75, 3.05) is 26.3 Å². The quantitative estimate of drug-likeness (QED) is 0.739. The van der Waals surface area contributed by atoms with E-state index in [4.69, 9.17) is 9.47 Å². The molecule has 0 saturated carbocycles. The topological polar surface area (TPSA) is 72.1 Å². The summed E-state index contributed by atoms with van der Waals surface area (Å²) in [5.41, 5.74) is 0. The van der Waals surface area contributed by atoms with Crippen LogP contribution in [0.25, 0.3) is 4.96 Å². The summed E-state index contributed by atoms with van der Waals surface area (Å²) in [4.78, 5) is 9.66. The maximum absolute atomic E-state index is 10.8. The van der Waals surface area contributed by atoms with E-state index < -0.39 is 5.79 Å². The zero-order valence-electron chi connectivity index (χ0n) is 14.4. The highest BCUT2D eigenvalue weighted by Gasteiger charge is 2.42. The van der Waals surface area contributed by atoms with Gasteiger partial charge in [0.25, 0.3) is 0 Å². The van der Waals surface area contributed by atoms with Crippen molar-refractivity contribution < 1.29 is 14.6 Å². The lowest BCUT2D eigenvalue weighted by molar-refractivity contribution is -0.187. The summed E-state index contributed by atoms with van der Waals surface area (Å²) in [6.45, 7) is 4.91. The van der Waals surface area contributed by atoms with E-state index in [1.165, 1.54) is 16.2 Å². The third kappa shape index (κ3) is 2.66. The smallest absolute Gasteiger partial charge is 0.230 e. The maximum Gasteiger partial charge on any atom is 0.230 e. The number of aromatic nitrogens is 3. The number of ether oxygens (including phenoxy) is 2. The molecule has 138 valence electrons. The van der Waals surface area contributed by atoms with Gasteiger partial charge in [-0.25, -0.2) is 4.98 Å². The van der Waals surface area contributed by atoms with E-state index in [-0.39, 0.29) is 11.9 Å². The molecule has 1 atom stereocenters. The molecule has 0 amide bonds. The van der Waals surface area contributed by atoms with Crippen molar-refractivity contribution in [2.45, 2.75) is 31.6 Å². The van der Waals surface area contributed by atoms with Gasteiger partial charge in [-0.2, -0.15) is 4.52 Å². The molecule has 5 heterocycles. The molecule has 0 aromatic carbocycles. The van der Waals surface area contributed by atoms with Crippen molar-refractivity contribution in [1.82, 2.24) is 19.5 Å². The van der Waals surface area contributed by atoms with Gasteiger partial charge in [0.1, 0.15) is 5.82 Å². The van der Waals surface area contributed by atoms with Crippen LogP contribution in [0.5, 0.6) is 5.88 Å². The first kappa shape index (κ1) is 16.6. The number of fused-ring (bicyclic) bond motifs is 1. The Morgan fingerprint density at radius 2 is 2.04 bits per heavy atom. The Balaban J connectivity index is 1.50. The van der Waals surface area contributed by atoms with Gasteiger partial charge in [0.05, 0.1) is 24.1 Å². The van der Waals surface area contributed by atoms with E-state index in [9.17, 15) is 5.11 Å². The van der Waals surface area contributed by atoms with Gasteiger partial charge in [-0.3, -0.25) is 4.90 Å². The minimum atomic E-state index is -0.402. The predicted octanol–water partition coefficient (Wildman–Crippen LogP) is 2.79. The van der Waals surface area contributed by atoms with Crippen LogP contribution >= 0.6 is 22.7 Å². The van der Waals surface area contributed by atoms with Gasteiger partial charge < -0.3 is 14.6 Å². The van der Waals surface area contributed by atoms with Gasteiger partial charge in [-0.1, -0.05) is 17.4 Å². The van der Waals surface area contributed by atoms with E-state index in [0.717, 1.165) is 35.8 Å². The fourth-order valence-corrected chi connectivity index (χ4v) is 5.95. The van der Waals surface area contributed by atoms with E-state index in [1.54, 1.807) is 15.9 Å². The molecule has 7 nitrogen and oxygen atoms in total. The number of hydrogen-bond acceptors (Lipinski definition) is 8. The number of piperidine rings is 1. The van der Waals surface area contributed by atoms with Gasteiger partial charge in [0.2, 0.25) is 10.8 Å². The number of nitrogens with zero attached hydrogens (tertiary/aromatic N) is 4. The Morgan fingerprint density at radius 1 is 1.27 bits per heavy atom. The van der Waals surface area contributed by atoms with E-state index in [0.29, 0.717) is 19.0 Å².